The third-order valence-corrected chi connectivity index (χ3v) is 4.51. The smallest absolute Gasteiger partial charge is 0.257 e. The SMILES string of the molecule is Cc1ccc(OCC(=O)NCC2CCCN(Cc3ncc[nH]3)C2)cc1. The van der Waals surface area contributed by atoms with Gasteiger partial charge in [-0.25, -0.2) is 4.98 Å². The van der Waals surface area contributed by atoms with Crippen molar-refractivity contribution >= 4 is 5.91 Å². The van der Waals surface area contributed by atoms with Gasteiger partial charge in [-0.3, -0.25) is 9.69 Å². The van der Waals surface area contributed by atoms with Gasteiger partial charge in [0.05, 0.1) is 6.54 Å². The molecule has 2 heterocycles. The van der Waals surface area contributed by atoms with Crippen molar-refractivity contribution in [3.8, 4) is 5.75 Å². The van der Waals surface area contributed by atoms with Crippen LogP contribution in [0.5, 0.6) is 5.75 Å². The lowest BCUT2D eigenvalue weighted by molar-refractivity contribution is -0.123. The van der Waals surface area contributed by atoms with Gasteiger partial charge in [0.1, 0.15) is 11.6 Å². The predicted molar refractivity (Wildman–Crippen MR) is 96.3 cm³/mol. The standard InChI is InChI=1S/C19H26N4O2/c1-15-4-6-17(7-5-15)25-14-19(24)22-11-16-3-2-10-23(12-16)13-18-20-8-9-21-18/h4-9,16H,2-3,10-14H2,1H3,(H,20,21)(H,22,24). The molecular weight excluding hydrogens is 316 g/mol. The minimum Gasteiger partial charge on any atom is -0.484 e. The number of rotatable bonds is 7. The second-order valence-electron chi connectivity index (χ2n) is 6.69. The van der Waals surface area contributed by atoms with Crippen molar-refractivity contribution in [1.29, 1.82) is 0 Å². The van der Waals surface area contributed by atoms with Gasteiger partial charge in [-0.05, 0) is 44.4 Å². The highest BCUT2D eigenvalue weighted by atomic mass is 16.5. The monoisotopic (exact) mass is 342 g/mol. The van der Waals surface area contributed by atoms with E-state index >= 15 is 0 Å². The van der Waals surface area contributed by atoms with E-state index in [1.807, 2.05) is 37.4 Å². The number of nitrogens with one attached hydrogen (secondary N) is 2. The van der Waals surface area contributed by atoms with Crippen LogP contribution >= 0.6 is 0 Å². The third-order valence-electron chi connectivity index (χ3n) is 4.51. The largest absolute Gasteiger partial charge is 0.484 e. The normalized spacial score (nSPS) is 18.0. The van der Waals surface area contributed by atoms with E-state index in [2.05, 4.69) is 20.2 Å². The fraction of sp³-hybridized carbons (Fsp3) is 0.474. The van der Waals surface area contributed by atoms with E-state index in [1.54, 1.807) is 6.20 Å². The van der Waals surface area contributed by atoms with Gasteiger partial charge >= 0.3 is 0 Å². The minimum atomic E-state index is -0.0660. The van der Waals surface area contributed by atoms with Crippen molar-refractivity contribution in [2.24, 2.45) is 5.92 Å². The third kappa shape index (κ3) is 5.60. The van der Waals surface area contributed by atoms with E-state index in [0.717, 1.165) is 44.0 Å². The molecule has 0 bridgehead atoms. The Bertz CT molecular complexity index is 655. The van der Waals surface area contributed by atoms with Crippen LogP contribution in [-0.4, -0.2) is 47.0 Å². The number of carbonyl (C=O) groups excluding carboxylic acids is 1. The first-order valence-electron chi connectivity index (χ1n) is 8.86. The molecular formula is C19H26N4O2. The molecule has 134 valence electrons. The summed E-state index contributed by atoms with van der Waals surface area (Å²) < 4.78 is 5.52. The lowest BCUT2D eigenvalue weighted by atomic mass is 9.98. The molecule has 0 saturated carbocycles. The fourth-order valence-electron chi connectivity index (χ4n) is 3.15. The second-order valence-corrected chi connectivity index (χ2v) is 6.69. The van der Waals surface area contributed by atoms with Crippen molar-refractivity contribution < 1.29 is 9.53 Å². The van der Waals surface area contributed by atoms with E-state index in [0.29, 0.717) is 12.5 Å². The average Bonchev–Trinajstić information content (AvgIpc) is 3.13. The molecule has 1 aromatic carbocycles. The summed E-state index contributed by atoms with van der Waals surface area (Å²) in [5.41, 5.74) is 1.17. The molecule has 3 rings (SSSR count). The summed E-state index contributed by atoms with van der Waals surface area (Å²) in [6, 6.07) is 7.72. The van der Waals surface area contributed by atoms with Gasteiger partial charge in [0, 0.05) is 25.5 Å². The van der Waals surface area contributed by atoms with E-state index in [1.165, 1.54) is 5.56 Å². The van der Waals surface area contributed by atoms with Gasteiger partial charge in [-0.15, -0.1) is 0 Å². The molecule has 0 spiro atoms. The number of aryl methyl sites for hydroxylation is 1. The Kier molecular flexibility index (Phi) is 6.06. The topological polar surface area (TPSA) is 70.2 Å². The Morgan fingerprint density at radius 1 is 1.40 bits per heavy atom. The van der Waals surface area contributed by atoms with Crippen molar-refractivity contribution in [1.82, 2.24) is 20.2 Å². The van der Waals surface area contributed by atoms with Gasteiger partial charge in [0.2, 0.25) is 0 Å². The molecule has 1 unspecified atom stereocenters. The Morgan fingerprint density at radius 2 is 2.24 bits per heavy atom. The summed E-state index contributed by atoms with van der Waals surface area (Å²) >= 11 is 0. The number of piperidine rings is 1. The van der Waals surface area contributed by atoms with Crippen molar-refractivity contribution in [3.05, 3.63) is 48.0 Å². The van der Waals surface area contributed by atoms with E-state index in [-0.39, 0.29) is 12.5 Å². The Morgan fingerprint density at radius 3 is 3.00 bits per heavy atom. The van der Waals surface area contributed by atoms with Gasteiger partial charge in [0.15, 0.2) is 6.61 Å². The number of hydrogen-bond donors (Lipinski definition) is 2. The predicted octanol–water partition coefficient (Wildman–Crippen LogP) is 2.13. The molecule has 25 heavy (non-hydrogen) atoms. The first-order chi connectivity index (χ1) is 12.2. The van der Waals surface area contributed by atoms with Crippen LogP contribution in [0.25, 0.3) is 0 Å². The average molecular weight is 342 g/mol. The summed E-state index contributed by atoms with van der Waals surface area (Å²) in [4.78, 5) is 21.8. The van der Waals surface area contributed by atoms with Gasteiger partial charge in [0.25, 0.3) is 5.91 Å². The number of ether oxygens (including phenoxy) is 1. The Hall–Kier alpha value is -2.34. The van der Waals surface area contributed by atoms with Crippen molar-refractivity contribution in [2.75, 3.05) is 26.2 Å². The molecule has 1 saturated heterocycles. The summed E-state index contributed by atoms with van der Waals surface area (Å²) in [6.45, 7) is 5.70. The summed E-state index contributed by atoms with van der Waals surface area (Å²) in [6.07, 6.45) is 5.94. The van der Waals surface area contributed by atoms with Crippen molar-refractivity contribution in [3.63, 3.8) is 0 Å². The number of carbonyl (C=O) groups is 1. The van der Waals surface area contributed by atoms with E-state index in [9.17, 15) is 4.79 Å². The Balaban J connectivity index is 1.37. The van der Waals surface area contributed by atoms with Crippen molar-refractivity contribution in [2.45, 2.75) is 26.3 Å². The number of aromatic nitrogens is 2. The highest BCUT2D eigenvalue weighted by Gasteiger charge is 2.21. The number of H-pyrrole nitrogens is 1. The fourth-order valence-corrected chi connectivity index (χ4v) is 3.15. The van der Waals surface area contributed by atoms with Gasteiger partial charge < -0.3 is 15.0 Å². The zero-order valence-corrected chi connectivity index (χ0v) is 14.7. The molecule has 0 radical (unpaired) electrons. The Labute approximate surface area is 148 Å². The number of hydrogen-bond acceptors (Lipinski definition) is 4. The molecule has 1 aromatic heterocycles. The molecule has 1 fully saturated rings. The minimum absolute atomic E-state index is 0.0614. The van der Waals surface area contributed by atoms with E-state index in [4.69, 9.17) is 4.74 Å². The van der Waals surface area contributed by atoms with Crippen LogP contribution in [0.15, 0.2) is 36.7 Å². The number of nitrogens with zero attached hydrogens (tertiary/aromatic N) is 2. The summed E-state index contributed by atoms with van der Waals surface area (Å²) in [7, 11) is 0. The number of amides is 1. The van der Waals surface area contributed by atoms with Crippen LogP contribution in [0.1, 0.15) is 24.2 Å². The maximum absolute atomic E-state index is 12.0. The molecule has 1 amide bonds. The number of benzene rings is 1. The van der Waals surface area contributed by atoms with E-state index < -0.39 is 0 Å². The molecule has 1 aliphatic heterocycles. The molecule has 2 N–H and O–H groups in total. The molecule has 6 heteroatoms. The highest BCUT2D eigenvalue weighted by Crippen LogP contribution is 2.17. The molecule has 6 nitrogen and oxygen atoms in total. The first kappa shape index (κ1) is 17.5. The summed E-state index contributed by atoms with van der Waals surface area (Å²) in [5, 5.41) is 3.00. The van der Waals surface area contributed by atoms with Crippen LogP contribution < -0.4 is 10.1 Å². The lowest BCUT2D eigenvalue weighted by Gasteiger charge is -2.32. The first-order valence-corrected chi connectivity index (χ1v) is 8.86. The van der Waals surface area contributed by atoms with Gasteiger partial charge in [-0.1, -0.05) is 17.7 Å². The van der Waals surface area contributed by atoms with Crippen LogP contribution in [0, 0.1) is 12.8 Å². The zero-order chi connectivity index (χ0) is 17.5. The quantitative estimate of drug-likeness (QED) is 0.809. The molecule has 1 aliphatic rings. The number of imidazole rings is 1. The van der Waals surface area contributed by atoms with Crippen LogP contribution in [0.3, 0.4) is 0 Å². The van der Waals surface area contributed by atoms with Crippen LogP contribution in [0.4, 0.5) is 0 Å². The van der Waals surface area contributed by atoms with Crippen LogP contribution in [0.2, 0.25) is 0 Å². The van der Waals surface area contributed by atoms with Crippen LogP contribution in [-0.2, 0) is 11.3 Å². The maximum atomic E-state index is 12.0. The zero-order valence-electron chi connectivity index (χ0n) is 14.7. The lowest BCUT2D eigenvalue weighted by Crippen LogP contribution is -2.41. The maximum Gasteiger partial charge on any atom is 0.257 e. The van der Waals surface area contributed by atoms with Gasteiger partial charge in [-0.2, -0.15) is 0 Å². The second kappa shape index (κ2) is 8.67. The number of aromatic amines is 1. The summed E-state index contributed by atoms with van der Waals surface area (Å²) in [5.74, 6) is 2.13. The highest BCUT2D eigenvalue weighted by molar-refractivity contribution is 5.77. The molecule has 2 aromatic rings. The molecule has 0 aliphatic carbocycles. The number of likely N-dealkylation sites (tertiary alicyclic amines) is 1. The molecule has 1 atom stereocenters.